The fourth-order valence-electron chi connectivity index (χ4n) is 4.80. The van der Waals surface area contributed by atoms with Crippen LogP contribution in [-0.2, 0) is 9.59 Å². The van der Waals surface area contributed by atoms with Gasteiger partial charge in [0.05, 0.1) is 11.3 Å². The zero-order valence-electron chi connectivity index (χ0n) is 18.3. The Kier molecular flexibility index (Phi) is 5.56. The molecule has 0 aromatic heterocycles. The summed E-state index contributed by atoms with van der Waals surface area (Å²) in [4.78, 5) is 42.1. The Hall–Kier alpha value is -3.15. The number of nitrogens with one attached hydrogen (secondary N) is 1. The Morgan fingerprint density at radius 1 is 1.06 bits per heavy atom. The van der Waals surface area contributed by atoms with Crippen molar-refractivity contribution in [2.45, 2.75) is 45.2 Å². The van der Waals surface area contributed by atoms with Crippen LogP contribution in [0.5, 0.6) is 0 Å². The molecule has 162 valence electrons. The standard InChI is InChI=1S/C25H29N3O3/c1-17(2)20(18-9-5-4-6-10-18)15-26-22(29)16-27-24(31)19-11-7-8-12-21(19)28-23(30)13-14-25(27,28)3/h4-12,17,20H,13-16H2,1-3H3,(H,26,29). The van der Waals surface area contributed by atoms with Gasteiger partial charge in [0.1, 0.15) is 12.2 Å². The van der Waals surface area contributed by atoms with Crippen LogP contribution in [0.3, 0.4) is 0 Å². The van der Waals surface area contributed by atoms with Gasteiger partial charge in [0.2, 0.25) is 11.8 Å². The molecule has 0 radical (unpaired) electrons. The van der Waals surface area contributed by atoms with Crippen LogP contribution in [0.2, 0.25) is 0 Å². The first-order valence-corrected chi connectivity index (χ1v) is 10.9. The van der Waals surface area contributed by atoms with Gasteiger partial charge in [0.25, 0.3) is 5.91 Å². The van der Waals surface area contributed by atoms with E-state index in [1.54, 1.807) is 28.0 Å². The Morgan fingerprint density at radius 3 is 2.45 bits per heavy atom. The number of carbonyl (C=O) groups is 3. The van der Waals surface area contributed by atoms with E-state index in [-0.39, 0.29) is 30.2 Å². The highest BCUT2D eigenvalue weighted by atomic mass is 16.2. The molecule has 2 aliphatic heterocycles. The molecule has 2 atom stereocenters. The first-order valence-electron chi connectivity index (χ1n) is 10.9. The lowest BCUT2D eigenvalue weighted by molar-refractivity contribution is -0.124. The van der Waals surface area contributed by atoms with Crippen molar-refractivity contribution in [3.05, 3.63) is 65.7 Å². The Bertz CT molecular complexity index is 1000. The van der Waals surface area contributed by atoms with Crippen molar-refractivity contribution >= 4 is 23.4 Å². The molecule has 6 nitrogen and oxygen atoms in total. The number of benzene rings is 2. The quantitative estimate of drug-likeness (QED) is 0.779. The molecule has 1 N–H and O–H groups in total. The first kappa shape index (κ1) is 21.1. The summed E-state index contributed by atoms with van der Waals surface area (Å²) in [5.41, 5.74) is 1.46. The molecule has 6 heteroatoms. The molecule has 3 amide bonds. The van der Waals surface area contributed by atoms with Gasteiger partial charge in [0.15, 0.2) is 0 Å². The largest absolute Gasteiger partial charge is 0.354 e. The highest BCUT2D eigenvalue weighted by Crippen LogP contribution is 2.43. The maximum absolute atomic E-state index is 13.3. The minimum Gasteiger partial charge on any atom is -0.354 e. The van der Waals surface area contributed by atoms with E-state index in [0.717, 1.165) is 0 Å². The Labute approximate surface area is 183 Å². The maximum atomic E-state index is 13.3. The van der Waals surface area contributed by atoms with Gasteiger partial charge in [-0.2, -0.15) is 0 Å². The summed E-state index contributed by atoms with van der Waals surface area (Å²) in [7, 11) is 0. The van der Waals surface area contributed by atoms with E-state index in [1.807, 2.05) is 31.2 Å². The van der Waals surface area contributed by atoms with E-state index in [1.165, 1.54) is 5.56 Å². The second-order valence-electron chi connectivity index (χ2n) is 8.92. The van der Waals surface area contributed by atoms with Gasteiger partial charge in [-0.1, -0.05) is 56.3 Å². The smallest absolute Gasteiger partial charge is 0.258 e. The van der Waals surface area contributed by atoms with Crippen molar-refractivity contribution in [2.24, 2.45) is 5.92 Å². The van der Waals surface area contributed by atoms with Crippen LogP contribution >= 0.6 is 0 Å². The molecule has 2 aliphatic rings. The third-order valence-corrected chi connectivity index (χ3v) is 6.60. The third kappa shape index (κ3) is 3.71. The monoisotopic (exact) mass is 419 g/mol. The Morgan fingerprint density at radius 2 is 1.74 bits per heavy atom. The van der Waals surface area contributed by atoms with E-state index in [4.69, 9.17) is 0 Å². The zero-order valence-corrected chi connectivity index (χ0v) is 18.3. The van der Waals surface area contributed by atoms with Crippen LogP contribution in [0.1, 0.15) is 55.5 Å². The van der Waals surface area contributed by atoms with Crippen molar-refractivity contribution < 1.29 is 14.4 Å². The summed E-state index contributed by atoms with van der Waals surface area (Å²) in [5, 5.41) is 3.03. The number of fused-ring (bicyclic) bond motifs is 3. The maximum Gasteiger partial charge on any atom is 0.258 e. The second kappa shape index (κ2) is 8.17. The number of nitrogens with zero attached hydrogens (tertiary/aromatic N) is 2. The highest BCUT2D eigenvalue weighted by Gasteiger charge is 2.53. The van der Waals surface area contributed by atoms with Gasteiger partial charge in [-0.05, 0) is 37.0 Å². The van der Waals surface area contributed by atoms with Crippen molar-refractivity contribution in [3.8, 4) is 0 Å². The summed E-state index contributed by atoms with van der Waals surface area (Å²) in [6, 6.07) is 17.3. The molecule has 0 bridgehead atoms. The molecule has 2 unspecified atom stereocenters. The lowest BCUT2D eigenvalue weighted by Crippen LogP contribution is -2.64. The molecule has 0 aliphatic carbocycles. The van der Waals surface area contributed by atoms with Gasteiger partial charge in [-0.3, -0.25) is 19.3 Å². The predicted molar refractivity (Wildman–Crippen MR) is 120 cm³/mol. The number of hydrogen-bond donors (Lipinski definition) is 1. The molecule has 0 saturated carbocycles. The molecule has 1 saturated heterocycles. The molecular weight excluding hydrogens is 390 g/mol. The van der Waals surface area contributed by atoms with E-state index in [2.05, 4.69) is 31.3 Å². The van der Waals surface area contributed by atoms with Gasteiger partial charge in [0, 0.05) is 18.9 Å². The van der Waals surface area contributed by atoms with Crippen LogP contribution < -0.4 is 10.2 Å². The van der Waals surface area contributed by atoms with Crippen LogP contribution in [0.25, 0.3) is 0 Å². The molecule has 31 heavy (non-hydrogen) atoms. The zero-order chi connectivity index (χ0) is 22.2. The molecule has 4 rings (SSSR count). The number of rotatable bonds is 6. The molecule has 0 spiro atoms. The van der Waals surface area contributed by atoms with Crippen LogP contribution in [0.4, 0.5) is 5.69 Å². The summed E-state index contributed by atoms with van der Waals surface area (Å²) in [6.07, 6.45) is 0.873. The van der Waals surface area contributed by atoms with E-state index in [9.17, 15) is 14.4 Å². The van der Waals surface area contributed by atoms with Crippen molar-refractivity contribution in [2.75, 3.05) is 18.0 Å². The normalized spacial score (nSPS) is 21.2. The number of amides is 3. The minimum atomic E-state index is -0.823. The van der Waals surface area contributed by atoms with Gasteiger partial charge >= 0.3 is 0 Å². The van der Waals surface area contributed by atoms with Crippen molar-refractivity contribution in [1.82, 2.24) is 10.2 Å². The molecule has 2 aromatic rings. The fourth-order valence-corrected chi connectivity index (χ4v) is 4.80. The molecule has 1 fully saturated rings. The van der Waals surface area contributed by atoms with E-state index >= 15 is 0 Å². The summed E-state index contributed by atoms with van der Waals surface area (Å²) >= 11 is 0. The second-order valence-corrected chi connectivity index (χ2v) is 8.92. The molecular formula is C25H29N3O3. The number of hydrogen-bond acceptors (Lipinski definition) is 3. The van der Waals surface area contributed by atoms with E-state index < -0.39 is 5.66 Å². The van der Waals surface area contributed by atoms with Crippen LogP contribution in [0, 0.1) is 5.92 Å². The van der Waals surface area contributed by atoms with Crippen LogP contribution in [0.15, 0.2) is 54.6 Å². The number of carbonyl (C=O) groups excluding carboxylic acids is 3. The minimum absolute atomic E-state index is 0.0168. The fraction of sp³-hybridized carbons (Fsp3) is 0.400. The average molecular weight is 420 g/mol. The average Bonchev–Trinajstić information content (AvgIpc) is 3.07. The Balaban J connectivity index is 1.52. The first-order chi connectivity index (χ1) is 14.8. The van der Waals surface area contributed by atoms with Crippen molar-refractivity contribution in [1.29, 1.82) is 0 Å². The summed E-state index contributed by atoms with van der Waals surface area (Å²) in [5.74, 6) is 0.101. The van der Waals surface area contributed by atoms with Gasteiger partial charge in [-0.25, -0.2) is 0 Å². The third-order valence-electron chi connectivity index (χ3n) is 6.60. The van der Waals surface area contributed by atoms with Gasteiger partial charge in [-0.15, -0.1) is 0 Å². The van der Waals surface area contributed by atoms with E-state index in [0.29, 0.717) is 36.6 Å². The lowest BCUT2D eigenvalue weighted by atomic mass is 9.88. The SMILES string of the molecule is CC(C)C(CNC(=O)CN1C(=O)c2ccccc2N2C(=O)CCC12C)c1ccccc1. The van der Waals surface area contributed by atoms with Crippen LogP contribution in [-0.4, -0.2) is 41.4 Å². The molecule has 2 heterocycles. The molecule has 2 aromatic carbocycles. The highest BCUT2D eigenvalue weighted by molar-refractivity contribution is 6.11. The summed E-state index contributed by atoms with van der Waals surface area (Å²) in [6.45, 7) is 6.57. The number of anilines is 1. The van der Waals surface area contributed by atoms with Crippen molar-refractivity contribution in [3.63, 3.8) is 0 Å². The summed E-state index contributed by atoms with van der Waals surface area (Å²) < 4.78 is 0. The number of para-hydroxylation sites is 1. The van der Waals surface area contributed by atoms with Gasteiger partial charge < -0.3 is 10.2 Å². The topological polar surface area (TPSA) is 69.7 Å². The predicted octanol–water partition coefficient (Wildman–Crippen LogP) is 3.54. The lowest BCUT2D eigenvalue weighted by Gasteiger charge is -2.48.